The van der Waals surface area contributed by atoms with Crippen molar-refractivity contribution in [3.8, 4) is 0 Å². The molecule has 3 heterocycles. The van der Waals surface area contributed by atoms with Crippen LogP contribution in [0.5, 0.6) is 0 Å². The first-order valence-electron chi connectivity index (χ1n) is 14.6. The summed E-state index contributed by atoms with van der Waals surface area (Å²) >= 11 is 1.00. The summed E-state index contributed by atoms with van der Waals surface area (Å²) in [7, 11) is -5.77. The summed E-state index contributed by atoms with van der Waals surface area (Å²) in [5.41, 5.74) is -5.05. The molecule has 2 aliphatic rings. The van der Waals surface area contributed by atoms with E-state index in [1.54, 1.807) is 30.6 Å². The van der Waals surface area contributed by atoms with Crippen molar-refractivity contribution in [2.45, 2.75) is 57.4 Å². The maximum atomic E-state index is 14.3. The van der Waals surface area contributed by atoms with Crippen molar-refractivity contribution in [1.82, 2.24) is 15.1 Å². The Hall–Kier alpha value is -3.22. The van der Waals surface area contributed by atoms with Gasteiger partial charge in [0.25, 0.3) is 5.91 Å². The number of nitrogens with zero attached hydrogens (tertiary/aromatic N) is 2. The standard InChI is InChI=1S/C31H36F2N3O7PS/c1-30(2,3)26(34-27(37)25-17-20-16-21(11-12-24(20)45-25)31(32,33)44(40,41)42)29(39)35-13-7-10-22(35)28(38)36-14-15-43-18-23(36)19-8-5-4-6-9-19/h4-6,8-9,11-12,16-17,22-23,26H,7,10,13-15,18H2,1-3H3,(H,34,37)(H2,40,41,42)/t22-,23-,26+/m0/s1. The van der Waals surface area contributed by atoms with Gasteiger partial charge < -0.3 is 29.6 Å². The average molecular weight is 664 g/mol. The fourth-order valence-corrected chi connectivity index (χ4v) is 7.25. The molecule has 0 radical (unpaired) electrons. The third-order valence-corrected chi connectivity index (χ3v) is 10.4. The number of ether oxygens (including phenoxy) is 1. The summed E-state index contributed by atoms with van der Waals surface area (Å²) in [5, 5.41) is 3.02. The van der Waals surface area contributed by atoms with Crippen molar-refractivity contribution in [2.75, 3.05) is 26.3 Å². The van der Waals surface area contributed by atoms with Crippen molar-refractivity contribution in [2.24, 2.45) is 5.41 Å². The molecule has 2 aromatic carbocycles. The number of thiophene rings is 1. The maximum absolute atomic E-state index is 14.3. The minimum Gasteiger partial charge on any atom is -0.377 e. The van der Waals surface area contributed by atoms with Crippen molar-refractivity contribution >= 4 is 46.7 Å². The number of likely N-dealkylation sites (tertiary alicyclic amines) is 1. The molecule has 3 atom stereocenters. The lowest BCUT2D eigenvalue weighted by molar-refractivity contribution is -0.151. The van der Waals surface area contributed by atoms with Crippen LogP contribution in [0.3, 0.4) is 0 Å². The van der Waals surface area contributed by atoms with Crippen LogP contribution in [0, 0.1) is 5.41 Å². The number of amides is 3. The number of carbonyl (C=O) groups excluding carboxylic acids is 3. The van der Waals surface area contributed by atoms with Gasteiger partial charge in [0.15, 0.2) is 0 Å². The average Bonchev–Trinajstić information content (AvgIpc) is 3.66. The molecule has 3 aromatic rings. The topological polar surface area (TPSA) is 136 Å². The molecule has 242 valence electrons. The van der Waals surface area contributed by atoms with E-state index in [2.05, 4.69) is 5.32 Å². The van der Waals surface area contributed by atoms with E-state index < -0.39 is 42.2 Å². The Labute approximate surface area is 263 Å². The first kappa shape index (κ1) is 33.2. The van der Waals surface area contributed by atoms with E-state index >= 15 is 0 Å². The Morgan fingerprint density at radius 1 is 1.04 bits per heavy atom. The number of benzene rings is 2. The second-order valence-electron chi connectivity index (χ2n) is 12.4. The number of alkyl halides is 2. The first-order chi connectivity index (χ1) is 21.1. The van der Waals surface area contributed by atoms with Gasteiger partial charge >= 0.3 is 13.3 Å². The fourth-order valence-electron chi connectivity index (χ4n) is 5.82. The van der Waals surface area contributed by atoms with Crippen molar-refractivity contribution in [3.63, 3.8) is 0 Å². The van der Waals surface area contributed by atoms with Crippen LogP contribution in [-0.2, 0) is 24.6 Å². The largest absolute Gasteiger partial charge is 0.399 e. The van der Waals surface area contributed by atoms with Crippen molar-refractivity contribution in [1.29, 1.82) is 0 Å². The Balaban J connectivity index is 1.36. The zero-order valence-corrected chi connectivity index (χ0v) is 26.8. The molecular formula is C31H36F2N3O7PS. The number of halogens is 2. The van der Waals surface area contributed by atoms with Gasteiger partial charge in [-0.05, 0) is 47.4 Å². The number of fused-ring (bicyclic) bond motifs is 1. The summed E-state index contributed by atoms with van der Waals surface area (Å²) in [6, 6.07) is 12.1. The molecule has 0 bridgehead atoms. The van der Waals surface area contributed by atoms with Crippen LogP contribution in [0.4, 0.5) is 8.78 Å². The van der Waals surface area contributed by atoms with Gasteiger partial charge in [-0.2, -0.15) is 8.78 Å². The fraction of sp³-hybridized carbons (Fsp3) is 0.452. The summed E-state index contributed by atoms with van der Waals surface area (Å²) < 4.78 is 46.1. The van der Waals surface area contributed by atoms with Gasteiger partial charge in [-0.25, -0.2) is 0 Å². The van der Waals surface area contributed by atoms with Gasteiger partial charge in [0.2, 0.25) is 11.8 Å². The molecule has 3 amide bonds. The third kappa shape index (κ3) is 6.69. The molecule has 5 rings (SSSR count). The van der Waals surface area contributed by atoms with Gasteiger partial charge in [0, 0.05) is 23.4 Å². The van der Waals surface area contributed by atoms with Crippen molar-refractivity contribution < 1.29 is 42.3 Å². The number of hydrogen-bond acceptors (Lipinski definition) is 6. The van der Waals surface area contributed by atoms with E-state index in [4.69, 9.17) is 14.5 Å². The SMILES string of the molecule is CC(C)(C)[C@H](NC(=O)c1cc2cc(C(F)(F)P(=O)(O)O)ccc2s1)C(=O)N1CCC[C@H]1C(=O)N1CCOC[C@H]1c1ccccc1. The van der Waals surface area contributed by atoms with E-state index in [1.165, 1.54) is 12.1 Å². The molecule has 0 saturated carbocycles. The van der Waals surface area contributed by atoms with Gasteiger partial charge in [-0.15, -0.1) is 11.3 Å². The number of hydrogen-bond donors (Lipinski definition) is 3. The zero-order valence-electron chi connectivity index (χ0n) is 25.1. The molecule has 3 N–H and O–H groups in total. The number of morpholine rings is 1. The highest BCUT2D eigenvalue weighted by Crippen LogP contribution is 2.59. The highest BCUT2D eigenvalue weighted by Gasteiger charge is 2.50. The monoisotopic (exact) mass is 663 g/mol. The van der Waals surface area contributed by atoms with Gasteiger partial charge in [0.05, 0.1) is 24.1 Å². The molecule has 45 heavy (non-hydrogen) atoms. The minimum absolute atomic E-state index is 0.136. The van der Waals surface area contributed by atoms with Crippen LogP contribution in [-0.4, -0.2) is 75.7 Å². The predicted molar refractivity (Wildman–Crippen MR) is 165 cm³/mol. The first-order valence-corrected chi connectivity index (χ1v) is 17.0. The van der Waals surface area contributed by atoms with E-state index in [9.17, 15) is 27.7 Å². The van der Waals surface area contributed by atoms with Gasteiger partial charge in [-0.3, -0.25) is 18.9 Å². The van der Waals surface area contributed by atoms with E-state index in [0.29, 0.717) is 43.8 Å². The van der Waals surface area contributed by atoms with Crippen LogP contribution in [0.25, 0.3) is 10.1 Å². The molecule has 0 spiro atoms. The minimum atomic E-state index is -5.77. The molecule has 1 aromatic heterocycles. The molecule has 2 fully saturated rings. The van der Waals surface area contributed by atoms with Crippen LogP contribution in [0.1, 0.15) is 60.5 Å². The Kier molecular flexibility index (Phi) is 9.23. The molecule has 10 nitrogen and oxygen atoms in total. The lowest BCUT2D eigenvalue weighted by atomic mass is 9.85. The molecular weight excluding hydrogens is 627 g/mol. The highest BCUT2D eigenvalue weighted by molar-refractivity contribution is 7.52. The third-order valence-electron chi connectivity index (χ3n) is 8.26. The number of carbonyl (C=O) groups is 3. The van der Waals surface area contributed by atoms with E-state index in [1.807, 2.05) is 30.3 Å². The number of rotatable bonds is 7. The summed E-state index contributed by atoms with van der Waals surface area (Å²) in [5.74, 6) is -1.16. The summed E-state index contributed by atoms with van der Waals surface area (Å²) in [6.45, 7) is 6.91. The zero-order chi connectivity index (χ0) is 32.7. The van der Waals surface area contributed by atoms with Gasteiger partial charge in [-0.1, -0.05) is 57.2 Å². The van der Waals surface area contributed by atoms with E-state index in [0.717, 1.165) is 29.0 Å². The van der Waals surface area contributed by atoms with Crippen LogP contribution < -0.4 is 5.32 Å². The van der Waals surface area contributed by atoms with Crippen LogP contribution >= 0.6 is 18.9 Å². The molecule has 0 unspecified atom stereocenters. The highest BCUT2D eigenvalue weighted by atomic mass is 32.1. The smallest absolute Gasteiger partial charge is 0.377 e. The quantitative estimate of drug-likeness (QED) is 0.307. The lowest BCUT2D eigenvalue weighted by Crippen LogP contribution is -2.58. The Morgan fingerprint density at radius 2 is 1.76 bits per heavy atom. The maximum Gasteiger partial charge on any atom is 0.399 e. The van der Waals surface area contributed by atoms with Crippen LogP contribution in [0.2, 0.25) is 0 Å². The van der Waals surface area contributed by atoms with Crippen LogP contribution in [0.15, 0.2) is 54.6 Å². The Morgan fingerprint density at radius 3 is 2.42 bits per heavy atom. The second-order valence-corrected chi connectivity index (χ2v) is 15.2. The molecule has 2 saturated heterocycles. The van der Waals surface area contributed by atoms with E-state index in [-0.39, 0.29) is 28.1 Å². The molecule has 14 heteroatoms. The molecule has 0 aliphatic carbocycles. The summed E-state index contributed by atoms with van der Waals surface area (Å²) in [6.07, 6.45) is 1.12. The normalized spacial score (nSPS) is 20.3. The van der Waals surface area contributed by atoms with Crippen molar-refractivity contribution in [3.05, 3.63) is 70.6 Å². The Bertz CT molecular complexity index is 1640. The lowest BCUT2D eigenvalue weighted by Gasteiger charge is -2.40. The number of nitrogens with one attached hydrogen (secondary N) is 1. The second kappa shape index (κ2) is 12.5. The summed E-state index contributed by atoms with van der Waals surface area (Å²) in [4.78, 5) is 63.2. The van der Waals surface area contributed by atoms with Gasteiger partial charge in [0.1, 0.15) is 12.1 Å². The predicted octanol–water partition coefficient (Wildman–Crippen LogP) is 4.86. The molecule has 2 aliphatic heterocycles.